The molecule has 0 amide bonds. The number of benzene rings is 1. The van der Waals surface area contributed by atoms with Crippen LogP contribution in [0.5, 0.6) is 11.5 Å². The van der Waals surface area contributed by atoms with E-state index in [0.717, 1.165) is 15.8 Å². The second-order valence-corrected chi connectivity index (χ2v) is 6.15. The fourth-order valence-electron chi connectivity index (χ4n) is 2.01. The normalized spacial score (nSPS) is 17.2. The van der Waals surface area contributed by atoms with Crippen LogP contribution in [0.15, 0.2) is 6.07 Å². The number of aromatic nitrogens is 1. The first-order chi connectivity index (χ1) is 9.54. The van der Waals surface area contributed by atoms with E-state index in [1.54, 1.807) is 0 Å². The third kappa shape index (κ3) is 2.51. The Balaban J connectivity index is 1.92. The molecule has 0 unspecified atom stereocenters. The SMILES string of the molecule is Cc1cc2c(c3sc(Cl)nc13)OC[C@H](COC(=O)Cl)O2. The highest BCUT2D eigenvalue weighted by Crippen LogP contribution is 2.44. The fourth-order valence-corrected chi connectivity index (χ4v) is 3.25. The van der Waals surface area contributed by atoms with E-state index in [2.05, 4.69) is 4.98 Å². The number of carbonyl (C=O) groups is 1. The van der Waals surface area contributed by atoms with Crippen LogP contribution < -0.4 is 9.47 Å². The number of fused-ring (bicyclic) bond motifs is 3. The highest BCUT2D eigenvalue weighted by molar-refractivity contribution is 7.22. The molecule has 1 aromatic carbocycles. The van der Waals surface area contributed by atoms with Crippen molar-refractivity contribution in [3.8, 4) is 11.5 Å². The van der Waals surface area contributed by atoms with Crippen molar-refractivity contribution in [2.45, 2.75) is 13.0 Å². The van der Waals surface area contributed by atoms with E-state index in [0.29, 0.717) is 16.0 Å². The molecule has 0 saturated heterocycles. The van der Waals surface area contributed by atoms with Crippen molar-refractivity contribution in [3.63, 3.8) is 0 Å². The van der Waals surface area contributed by atoms with Gasteiger partial charge in [0.1, 0.15) is 17.9 Å². The summed E-state index contributed by atoms with van der Waals surface area (Å²) in [5, 5.41) is 0. The van der Waals surface area contributed by atoms with Crippen molar-refractivity contribution in [2.75, 3.05) is 13.2 Å². The molecule has 2 aromatic rings. The van der Waals surface area contributed by atoms with Crippen LogP contribution in [0.25, 0.3) is 10.2 Å². The Morgan fingerprint density at radius 1 is 1.65 bits per heavy atom. The maximum absolute atomic E-state index is 10.6. The molecule has 0 spiro atoms. The van der Waals surface area contributed by atoms with Crippen LogP contribution in [0.1, 0.15) is 5.56 Å². The quantitative estimate of drug-likeness (QED) is 0.783. The number of carbonyl (C=O) groups excluding carboxylic acids is 1. The molecule has 0 bridgehead atoms. The summed E-state index contributed by atoms with van der Waals surface area (Å²) in [7, 11) is 0. The standard InChI is InChI=1S/C12H9Cl2NO4S/c1-5-2-7-9(10-8(5)15-11(13)20-10)17-3-6(19-7)4-18-12(14)16/h2,6H,3-4H2,1H3/t6-/m1/s1. The lowest BCUT2D eigenvalue weighted by Gasteiger charge is -2.26. The third-order valence-electron chi connectivity index (χ3n) is 2.84. The van der Waals surface area contributed by atoms with Crippen LogP contribution in [0.4, 0.5) is 4.79 Å². The van der Waals surface area contributed by atoms with Crippen molar-refractivity contribution < 1.29 is 19.0 Å². The molecule has 0 fully saturated rings. The molecule has 0 aliphatic carbocycles. The molecular weight excluding hydrogens is 325 g/mol. The van der Waals surface area contributed by atoms with Crippen molar-refractivity contribution in [1.29, 1.82) is 0 Å². The van der Waals surface area contributed by atoms with Gasteiger partial charge in [-0.2, -0.15) is 0 Å². The van der Waals surface area contributed by atoms with Gasteiger partial charge < -0.3 is 14.2 Å². The average Bonchev–Trinajstić information content (AvgIpc) is 2.78. The molecule has 5 nitrogen and oxygen atoms in total. The van der Waals surface area contributed by atoms with Gasteiger partial charge in [-0.3, -0.25) is 0 Å². The maximum Gasteiger partial charge on any atom is 0.403 e. The van der Waals surface area contributed by atoms with Gasteiger partial charge in [0, 0.05) is 11.6 Å². The number of hydrogen-bond donors (Lipinski definition) is 0. The zero-order chi connectivity index (χ0) is 14.3. The Kier molecular flexibility index (Phi) is 3.62. The van der Waals surface area contributed by atoms with Gasteiger partial charge >= 0.3 is 5.43 Å². The summed E-state index contributed by atoms with van der Waals surface area (Å²) >= 11 is 12.4. The molecule has 2 heterocycles. The number of thiazole rings is 1. The van der Waals surface area contributed by atoms with Crippen LogP contribution in [0.2, 0.25) is 4.47 Å². The van der Waals surface area contributed by atoms with Gasteiger partial charge in [-0.1, -0.05) is 22.9 Å². The Morgan fingerprint density at radius 3 is 3.20 bits per heavy atom. The highest BCUT2D eigenvalue weighted by atomic mass is 35.5. The minimum Gasteiger partial charge on any atom is -0.484 e. The van der Waals surface area contributed by atoms with Gasteiger partial charge in [0.2, 0.25) is 0 Å². The molecule has 8 heteroatoms. The molecular formula is C12H9Cl2NO4S. The zero-order valence-corrected chi connectivity index (χ0v) is 12.6. The summed E-state index contributed by atoms with van der Waals surface area (Å²) in [6.07, 6.45) is -0.384. The van der Waals surface area contributed by atoms with Gasteiger partial charge in [-0.05, 0) is 18.6 Å². The van der Waals surface area contributed by atoms with Crippen LogP contribution >= 0.6 is 34.5 Å². The molecule has 0 radical (unpaired) electrons. The molecule has 0 N–H and O–H groups in total. The second kappa shape index (κ2) is 5.27. The van der Waals surface area contributed by atoms with Gasteiger partial charge in [-0.25, -0.2) is 9.78 Å². The molecule has 106 valence electrons. The summed E-state index contributed by atoms with van der Waals surface area (Å²) in [6, 6.07) is 1.84. The first-order valence-electron chi connectivity index (χ1n) is 5.76. The van der Waals surface area contributed by atoms with Crippen molar-refractivity contribution in [2.24, 2.45) is 0 Å². The predicted octanol–water partition coefficient (Wildman–Crippen LogP) is 3.77. The number of ether oxygens (including phenoxy) is 3. The van der Waals surface area contributed by atoms with Gasteiger partial charge in [0.05, 0.1) is 5.52 Å². The van der Waals surface area contributed by atoms with Crippen molar-refractivity contribution >= 4 is 50.2 Å². The Morgan fingerprint density at radius 2 is 2.45 bits per heavy atom. The lowest BCUT2D eigenvalue weighted by atomic mass is 10.2. The van der Waals surface area contributed by atoms with E-state index in [4.69, 9.17) is 37.4 Å². The zero-order valence-electron chi connectivity index (χ0n) is 10.3. The van der Waals surface area contributed by atoms with Crippen molar-refractivity contribution in [3.05, 3.63) is 16.1 Å². The smallest absolute Gasteiger partial charge is 0.403 e. The maximum atomic E-state index is 10.6. The first-order valence-corrected chi connectivity index (χ1v) is 7.33. The van der Waals surface area contributed by atoms with E-state index in [-0.39, 0.29) is 19.3 Å². The van der Waals surface area contributed by atoms with E-state index in [1.807, 2.05) is 13.0 Å². The Hall–Kier alpha value is -1.24. The molecule has 1 atom stereocenters. The molecule has 3 rings (SSSR count). The third-order valence-corrected chi connectivity index (χ3v) is 4.11. The minimum atomic E-state index is -0.861. The number of aryl methyl sites for hydroxylation is 1. The van der Waals surface area contributed by atoms with Crippen molar-refractivity contribution in [1.82, 2.24) is 4.98 Å². The topological polar surface area (TPSA) is 57.7 Å². The average molecular weight is 334 g/mol. The van der Waals surface area contributed by atoms with E-state index >= 15 is 0 Å². The molecule has 1 aliphatic rings. The number of rotatable bonds is 2. The van der Waals surface area contributed by atoms with Crippen LogP contribution in [-0.4, -0.2) is 29.7 Å². The number of nitrogens with zero attached hydrogens (tertiary/aromatic N) is 1. The second-order valence-electron chi connectivity index (χ2n) is 4.26. The molecule has 20 heavy (non-hydrogen) atoms. The number of halogens is 2. The summed E-state index contributed by atoms with van der Waals surface area (Å²) in [5.41, 5.74) is 0.897. The Labute approximate surface area is 128 Å². The molecule has 1 aromatic heterocycles. The monoisotopic (exact) mass is 333 g/mol. The lowest BCUT2D eigenvalue weighted by Crippen LogP contribution is -2.33. The fraction of sp³-hybridized carbons (Fsp3) is 0.333. The summed E-state index contributed by atoms with van der Waals surface area (Å²) in [5.74, 6) is 1.22. The van der Waals surface area contributed by atoms with Gasteiger partial charge in [0.15, 0.2) is 22.1 Å². The Bertz CT molecular complexity index is 688. The summed E-state index contributed by atoms with van der Waals surface area (Å²) in [6.45, 7) is 2.23. The van der Waals surface area contributed by atoms with E-state index < -0.39 is 5.43 Å². The number of hydrogen-bond acceptors (Lipinski definition) is 6. The predicted molar refractivity (Wildman–Crippen MR) is 76.5 cm³/mol. The largest absolute Gasteiger partial charge is 0.484 e. The van der Waals surface area contributed by atoms with Gasteiger partial charge in [-0.15, -0.1) is 0 Å². The van der Waals surface area contributed by atoms with E-state index in [9.17, 15) is 4.79 Å². The summed E-state index contributed by atoms with van der Waals surface area (Å²) in [4.78, 5) is 14.9. The first kappa shape index (κ1) is 13.7. The highest BCUT2D eigenvalue weighted by Gasteiger charge is 2.26. The molecule has 0 saturated carbocycles. The van der Waals surface area contributed by atoms with Crippen LogP contribution in [0, 0.1) is 6.92 Å². The molecule has 1 aliphatic heterocycles. The van der Waals surface area contributed by atoms with Gasteiger partial charge in [0.25, 0.3) is 0 Å². The summed E-state index contributed by atoms with van der Waals surface area (Å²) < 4.78 is 17.5. The minimum absolute atomic E-state index is 0.0440. The van der Waals surface area contributed by atoms with Crippen LogP contribution in [-0.2, 0) is 4.74 Å². The van der Waals surface area contributed by atoms with Crippen LogP contribution in [0.3, 0.4) is 0 Å². The van der Waals surface area contributed by atoms with E-state index in [1.165, 1.54) is 11.3 Å². The lowest BCUT2D eigenvalue weighted by molar-refractivity contribution is 0.0412.